The molecule has 1 aliphatic heterocycles. The highest BCUT2D eigenvalue weighted by atomic mass is 79.9. The summed E-state index contributed by atoms with van der Waals surface area (Å²) in [5.74, 6) is 0.643. The van der Waals surface area contributed by atoms with Crippen molar-refractivity contribution in [2.75, 3.05) is 96.1 Å². The number of nitrogens with one attached hydrogen (secondary N) is 2. The molecule has 2 N–H and O–H groups in total. The van der Waals surface area contributed by atoms with Crippen LogP contribution in [0.15, 0.2) is 120 Å². The Balaban J connectivity index is 0.725. The number of Topliss-reactive ketones (excluding diaryl/α,β-unsaturated/α-hetero) is 1. The number of halogens is 2. The first-order valence-corrected chi connectivity index (χ1v) is 26.6. The minimum absolute atomic E-state index is 0.00127. The molecule has 1 unspecified atom stereocenters. The Morgan fingerprint density at radius 3 is 1.93 bits per heavy atom. The van der Waals surface area contributed by atoms with Crippen molar-refractivity contribution in [1.82, 2.24) is 10.3 Å². The van der Waals surface area contributed by atoms with Crippen molar-refractivity contribution in [1.29, 1.82) is 0 Å². The third-order valence-corrected chi connectivity index (χ3v) is 12.8. The average Bonchev–Trinajstić information content (AvgIpc) is 3.40. The van der Waals surface area contributed by atoms with Crippen LogP contribution in [-0.2, 0) is 38.0 Å². The third-order valence-electron chi connectivity index (χ3n) is 12.1. The molecule has 0 saturated heterocycles. The fraction of sp³-hybridized carbons (Fsp3) is 0.414. The highest BCUT2D eigenvalue weighted by Gasteiger charge is 2.33. The molecule has 0 bridgehead atoms. The molecule has 0 aliphatic carbocycles. The summed E-state index contributed by atoms with van der Waals surface area (Å²) < 4.78 is 40.2. The molecule has 1 aromatic heterocycles. The second-order valence-corrected chi connectivity index (χ2v) is 19.0. The molecular weight excluding hydrogens is 1030 g/mol. The first-order valence-electron chi connectivity index (χ1n) is 25.5. The van der Waals surface area contributed by atoms with E-state index in [2.05, 4.69) is 51.5 Å². The largest absolute Gasteiger partial charge is 0.491 e. The van der Waals surface area contributed by atoms with E-state index in [0.29, 0.717) is 120 Å². The normalized spacial score (nSPS) is 14.7. The molecule has 14 nitrogen and oxygen atoms in total. The van der Waals surface area contributed by atoms with Crippen molar-refractivity contribution < 1.29 is 47.5 Å². The van der Waals surface area contributed by atoms with Crippen molar-refractivity contribution in [2.24, 2.45) is 0 Å². The summed E-state index contributed by atoms with van der Waals surface area (Å²) >= 11 is 9.48. The van der Waals surface area contributed by atoms with Gasteiger partial charge in [-0.15, -0.1) is 0 Å². The van der Waals surface area contributed by atoms with Crippen LogP contribution in [0.3, 0.4) is 0 Å². The van der Waals surface area contributed by atoms with Gasteiger partial charge in [0.05, 0.1) is 90.5 Å². The third kappa shape index (κ3) is 19.7. The molecule has 3 atom stereocenters. The summed E-state index contributed by atoms with van der Waals surface area (Å²) in [5.41, 5.74) is 7.30. The number of amides is 2. The van der Waals surface area contributed by atoms with Crippen LogP contribution >= 0.6 is 27.5 Å². The molecule has 0 fully saturated rings. The Kier molecular flexibility index (Phi) is 25.0. The van der Waals surface area contributed by atoms with E-state index >= 15 is 0 Å². The van der Waals surface area contributed by atoms with E-state index in [1.807, 2.05) is 108 Å². The lowest BCUT2D eigenvalue weighted by atomic mass is 9.88. The van der Waals surface area contributed by atoms with E-state index in [1.54, 1.807) is 13.0 Å². The number of aromatic nitrogens is 1. The first kappa shape index (κ1) is 57.8. The average molecular weight is 1100 g/mol. The van der Waals surface area contributed by atoms with E-state index in [1.165, 1.54) is 6.08 Å². The summed E-state index contributed by atoms with van der Waals surface area (Å²) in [5, 5.41) is 7.42. The summed E-state index contributed by atoms with van der Waals surface area (Å²) in [7, 11) is 0. The number of anilines is 2. The van der Waals surface area contributed by atoms with Gasteiger partial charge in [-0.2, -0.15) is 0 Å². The number of carbonyl (C=O) groups excluding carboxylic acids is 3. The van der Waals surface area contributed by atoms with Gasteiger partial charge in [-0.25, -0.2) is 4.98 Å². The van der Waals surface area contributed by atoms with Gasteiger partial charge < -0.3 is 48.7 Å². The molecule has 16 heteroatoms. The number of hydrogen-bond donors (Lipinski definition) is 2. The van der Waals surface area contributed by atoms with Crippen molar-refractivity contribution in [3.05, 3.63) is 147 Å². The van der Waals surface area contributed by atoms with Crippen molar-refractivity contribution in [2.45, 2.75) is 71.0 Å². The fourth-order valence-electron chi connectivity index (χ4n) is 8.46. The van der Waals surface area contributed by atoms with E-state index < -0.39 is 0 Å². The van der Waals surface area contributed by atoms with Gasteiger partial charge in [0, 0.05) is 54.0 Å². The van der Waals surface area contributed by atoms with Gasteiger partial charge in [0.1, 0.15) is 17.0 Å². The second-order valence-electron chi connectivity index (χ2n) is 17.7. The quantitative estimate of drug-likeness (QED) is 0.0178. The number of carbonyl (C=O) groups is 3. The topological polar surface area (TPSA) is 156 Å². The predicted octanol–water partition coefficient (Wildman–Crippen LogP) is 11.3. The van der Waals surface area contributed by atoms with Crippen LogP contribution in [0.25, 0.3) is 17.2 Å². The monoisotopic (exact) mass is 1100 g/mol. The van der Waals surface area contributed by atoms with Crippen LogP contribution in [0.4, 0.5) is 11.4 Å². The van der Waals surface area contributed by atoms with Crippen molar-refractivity contribution >= 4 is 62.6 Å². The van der Waals surface area contributed by atoms with E-state index in [9.17, 15) is 14.4 Å². The van der Waals surface area contributed by atoms with E-state index in [-0.39, 0.29) is 35.7 Å². The molecular formula is C58H70BrClN4O10. The van der Waals surface area contributed by atoms with Crippen LogP contribution < -0.4 is 20.3 Å². The maximum absolute atomic E-state index is 13.0. The van der Waals surface area contributed by atoms with Crippen LogP contribution in [0, 0.1) is 0 Å². The van der Waals surface area contributed by atoms with Crippen LogP contribution in [0.2, 0.25) is 5.02 Å². The molecule has 5 aromatic rings. The number of benzene rings is 4. The van der Waals surface area contributed by atoms with Gasteiger partial charge in [-0.1, -0.05) is 73.5 Å². The van der Waals surface area contributed by atoms with Crippen LogP contribution in [0.5, 0.6) is 5.75 Å². The summed E-state index contributed by atoms with van der Waals surface area (Å²) in [6, 6.07) is 34.8. The molecule has 4 aromatic carbocycles. The second kappa shape index (κ2) is 32.1. The Labute approximate surface area is 449 Å². The number of fused-ring (bicyclic) bond motifs is 1. The van der Waals surface area contributed by atoms with Crippen LogP contribution in [0.1, 0.15) is 92.1 Å². The van der Waals surface area contributed by atoms with Gasteiger partial charge in [0.25, 0.3) is 0 Å². The lowest BCUT2D eigenvalue weighted by molar-refractivity contribution is -0.118. The Bertz CT molecular complexity index is 2510. The zero-order valence-electron chi connectivity index (χ0n) is 42.7. The zero-order valence-corrected chi connectivity index (χ0v) is 45.1. The number of pyridine rings is 1. The highest BCUT2D eigenvalue weighted by molar-refractivity contribution is 9.10. The standard InChI is InChI=1S/C58H70BrClN4O10/c1-4-7-53(63-58(67)26-22-49-8-5-10-57(59)62-49)45-15-23-51(24-16-45)74-39-38-73-37-36-72-35-34-71-33-32-70-31-30-69-29-28-68-27-6-9-56(66)46-13-11-44(12-14-46)47-17-25-55-52(41-47)54(40-42(2)64(55)43(3)65)61-50-20-18-48(60)19-21-50/h5,8,10-26,41-42,53-54,61H,4,6-7,9,27-40H2,1-3H3,(H,63,67)/b26-22+/t42-,53?,54+/m0/s1. The number of ether oxygens (including phenoxy) is 7. The van der Waals surface area contributed by atoms with Gasteiger partial charge in [0.2, 0.25) is 11.8 Å². The van der Waals surface area contributed by atoms with Crippen molar-refractivity contribution in [3.63, 3.8) is 0 Å². The van der Waals surface area contributed by atoms with Gasteiger partial charge in [-0.05, 0) is 131 Å². The number of nitrogens with zero attached hydrogens (tertiary/aromatic N) is 2. The molecule has 1 aliphatic rings. The Morgan fingerprint density at radius 2 is 1.34 bits per heavy atom. The maximum Gasteiger partial charge on any atom is 0.244 e. The molecule has 396 valence electrons. The fourth-order valence-corrected chi connectivity index (χ4v) is 8.94. The number of rotatable bonds is 33. The summed E-state index contributed by atoms with van der Waals surface area (Å²) in [6.45, 7) is 11.6. The SMILES string of the molecule is CCCC(NC(=O)/C=C/c1cccc(Br)n1)c1ccc(OCCOCCOCCOCCOCCOCCOCCCC(=O)c2ccc(-c3ccc4c(c3)[C@H](Nc3ccc(Cl)cc3)C[C@H](C)N4C(C)=O)cc2)cc1. The predicted molar refractivity (Wildman–Crippen MR) is 294 cm³/mol. The lowest BCUT2D eigenvalue weighted by Gasteiger charge is -2.39. The molecule has 0 saturated carbocycles. The van der Waals surface area contributed by atoms with Gasteiger partial charge >= 0.3 is 0 Å². The molecule has 0 radical (unpaired) electrons. The van der Waals surface area contributed by atoms with Gasteiger partial charge in [0.15, 0.2) is 5.78 Å². The number of ketones is 1. The minimum Gasteiger partial charge on any atom is -0.491 e. The Morgan fingerprint density at radius 1 is 0.743 bits per heavy atom. The zero-order chi connectivity index (χ0) is 52.3. The molecule has 6 rings (SSSR count). The molecule has 0 spiro atoms. The highest BCUT2D eigenvalue weighted by Crippen LogP contribution is 2.41. The summed E-state index contributed by atoms with van der Waals surface area (Å²) in [4.78, 5) is 44.5. The van der Waals surface area contributed by atoms with Crippen LogP contribution in [-0.4, -0.2) is 115 Å². The number of hydrogen-bond acceptors (Lipinski definition) is 12. The smallest absolute Gasteiger partial charge is 0.244 e. The van der Waals surface area contributed by atoms with Crippen molar-refractivity contribution in [3.8, 4) is 16.9 Å². The lowest BCUT2D eigenvalue weighted by Crippen LogP contribution is -2.43. The Hall–Kier alpha value is -5.49. The summed E-state index contributed by atoms with van der Waals surface area (Å²) in [6.07, 6.45) is 6.70. The first-order chi connectivity index (χ1) is 36.1. The van der Waals surface area contributed by atoms with Gasteiger partial charge in [-0.3, -0.25) is 14.4 Å². The minimum atomic E-state index is -0.174. The van der Waals surface area contributed by atoms with E-state index in [0.717, 1.165) is 58.6 Å². The molecule has 2 amide bonds. The maximum atomic E-state index is 13.0. The van der Waals surface area contributed by atoms with E-state index in [4.69, 9.17) is 44.8 Å². The molecule has 74 heavy (non-hydrogen) atoms. The molecule has 2 heterocycles.